The molecule has 1 aromatic carbocycles. The van der Waals surface area contributed by atoms with Gasteiger partial charge in [0.15, 0.2) is 0 Å². The molecule has 1 aliphatic carbocycles. The molecule has 5 nitrogen and oxygen atoms in total. The Balaban J connectivity index is 1.94. The van der Waals surface area contributed by atoms with Crippen molar-refractivity contribution >= 4 is 11.9 Å². The van der Waals surface area contributed by atoms with E-state index in [2.05, 4.69) is 0 Å². The fourth-order valence-electron chi connectivity index (χ4n) is 3.20. The average Bonchev–Trinajstić information content (AvgIpc) is 2.72. The van der Waals surface area contributed by atoms with Crippen molar-refractivity contribution in [2.24, 2.45) is 5.92 Å². The standard InChI is InChI=1S/C15H16O5/c1-19-10-2-3-11-12(8-10)15(20-14(11)18)6-4-9(5-7-15)13(16)17/h2-3,8-9H,4-7H2,1H3,(H,16,17). The zero-order chi connectivity index (χ0) is 14.3. The zero-order valence-corrected chi connectivity index (χ0v) is 11.2. The van der Waals surface area contributed by atoms with Crippen molar-refractivity contribution in [2.45, 2.75) is 31.3 Å². The predicted molar refractivity (Wildman–Crippen MR) is 69.7 cm³/mol. The zero-order valence-electron chi connectivity index (χ0n) is 11.2. The number of hydrogen-bond donors (Lipinski definition) is 1. The van der Waals surface area contributed by atoms with Crippen LogP contribution in [0.25, 0.3) is 0 Å². The number of benzene rings is 1. The van der Waals surface area contributed by atoms with Gasteiger partial charge < -0.3 is 14.6 Å². The minimum atomic E-state index is -0.768. The highest BCUT2D eigenvalue weighted by atomic mass is 16.6. The Morgan fingerprint density at radius 1 is 1.40 bits per heavy atom. The SMILES string of the molecule is COc1ccc2c(c1)C1(CCC(C(=O)O)CC1)OC2=O. The molecule has 1 saturated carbocycles. The van der Waals surface area contributed by atoms with E-state index in [1.165, 1.54) is 0 Å². The molecule has 3 rings (SSSR count). The van der Waals surface area contributed by atoms with Crippen LogP contribution in [0.15, 0.2) is 18.2 Å². The van der Waals surface area contributed by atoms with Crippen molar-refractivity contribution in [3.8, 4) is 5.75 Å². The summed E-state index contributed by atoms with van der Waals surface area (Å²) in [6.45, 7) is 0. The van der Waals surface area contributed by atoms with E-state index < -0.39 is 11.6 Å². The molecule has 0 saturated heterocycles. The Morgan fingerprint density at radius 2 is 2.10 bits per heavy atom. The number of rotatable bonds is 2. The fourth-order valence-corrected chi connectivity index (χ4v) is 3.20. The summed E-state index contributed by atoms with van der Waals surface area (Å²) in [5.41, 5.74) is 0.748. The maximum Gasteiger partial charge on any atom is 0.339 e. The van der Waals surface area contributed by atoms with E-state index in [-0.39, 0.29) is 11.9 Å². The van der Waals surface area contributed by atoms with Gasteiger partial charge in [-0.05, 0) is 43.9 Å². The molecule has 1 spiro atoms. The molecule has 0 unspecified atom stereocenters. The molecule has 2 aliphatic rings. The monoisotopic (exact) mass is 276 g/mol. The molecule has 1 heterocycles. The van der Waals surface area contributed by atoms with Crippen LogP contribution < -0.4 is 4.74 Å². The number of fused-ring (bicyclic) bond motifs is 2. The molecular formula is C15H16O5. The van der Waals surface area contributed by atoms with E-state index in [0.717, 1.165) is 5.56 Å². The van der Waals surface area contributed by atoms with Crippen LogP contribution in [0, 0.1) is 5.92 Å². The number of aliphatic carboxylic acids is 1. The summed E-state index contributed by atoms with van der Waals surface area (Å²) in [6.07, 6.45) is 2.16. The molecule has 0 amide bonds. The van der Waals surface area contributed by atoms with E-state index >= 15 is 0 Å². The van der Waals surface area contributed by atoms with Crippen molar-refractivity contribution in [1.29, 1.82) is 0 Å². The number of esters is 1. The lowest BCUT2D eigenvalue weighted by atomic mass is 9.75. The second-order valence-electron chi connectivity index (χ2n) is 5.41. The van der Waals surface area contributed by atoms with Gasteiger partial charge in [-0.25, -0.2) is 4.79 Å². The number of ether oxygens (including phenoxy) is 2. The summed E-state index contributed by atoms with van der Waals surface area (Å²) in [4.78, 5) is 23.0. The Labute approximate surface area is 116 Å². The molecule has 1 fully saturated rings. The minimum absolute atomic E-state index is 0.323. The van der Waals surface area contributed by atoms with Gasteiger partial charge in [-0.3, -0.25) is 4.79 Å². The molecular weight excluding hydrogens is 260 g/mol. The van der Waals surface area contributed by atoms with Crippen LogP contribution in [-0.4, -0.2) is 24.2 Å². The van der Waals surface area contributed by atoms with Gasteiger partial charge in [-0.2, -0.15) is 0 Å². The van der Waals surface area contributed by atoms with Crippen molar-refractivity contribution in [3.63, 3.8) is 0 Å². The van der Waals surface area contributed by atoms with E-state index in [1.807, 2.05) is 6.07 Å². The number of carboxylic acids is 1. The van der Waals surface area contributed by atoms with Crippen LogP contribution in [0.3, 0.4) is 0 Å². The Hall–Kier alpha value is -2.04. The van der Waals surface area contributed by atoms with Crippen molar-refractivity contribution in [2.75, 3.05) is 7.11 Å². The second-order valence-corrected chi connectivity index (χ2v) is 5.41. The van der Waals surface area contributed by atoms with Gasteiger partial charge in [0.25, 0.3) is 0 Å². The predicted octanol–water partition coefficient (Wildman–Crippen LogP) is 2.34. The highest BCUT2D eigenvalue weighted by Crippen LogP contribution is 2.48. The lowest BCUT2D eigenvalue weighted by Gasteiger charge is -2.35. The molecule has 0 atom stereocenters. The lowest BCUT2D eigenvalue weighted by molar-refractivity contribution is -0.144. The van der Waals surface area contributed by atoms with Crippen LogP contribution in [0.2, 0.25) is 0 Å². The lowest BCUT2D eigenvalue weighted by Crippen LogP contribution is -2.34. The van der Waals surface area contributed by atoms with E-state index in [4.69, 9.17) is 14.6 Å². The van der Waals surface area contributed by atoms with Crippen LogP contribution in [0.1, 0.15) is 41.6 Å². The van der Waals surface area contributed by atoms with Gasteiger partial charge in [0.1, 0.15) is 11.4 Å². The molecule has 20 heavy (non-hydrogen) atoms. The summed E-state index contributed by atoms with van der Waals surface area (Å²) in [6, 6.07) is 5.29. The first-order chi connectivity index (χ1) is 9.55. The van der Waals surface area contributed by atoms with Gasteiger partial charge in [0.05, 0.1) is 18.6 Å². The Morgan fingerprint density at radius 3 is 2.70 bits per heavy atom. The van der Waals surface area contributed by atoms with Gasteiger partial charge >= 0.3 is 11.9 Å². The van der Waals surface area contributed by atoms with Crippen LogP contribution >= 0.6 is 0 Å². The largest absolute Gasteiger partial charge is 0.497 e. The summed E-state index contributed by atoms with van der Waals surface area (Å²) >= 11 is 0. The van der Waals surface area contributed by atoms with E-state index in [1.54, 1.807) is 19.2 Å². The summed E-state index contributed by atoms with van der Waals surface area (Å²) in [7, 11) is 1.58. The van der Waals surface area contributed by atoms with Gasteiger partial charge in [0.2, 0.25) is 0 Å². The van der Waals surface area contributed by atoms with E-state index in [9.17, 15) is 9.59 Å². The highest BCUT2D eigenvalue weighted by molar-refractivity contribution is 5.95. The van der Waals surface area contributed by atoms with Gasteiger partial charge in [-0.15, -0.1) is 0 Å². The van der Waals surface area contributed by atoms with E-state index in [0.29, 0.717) is 37.0 Å². The third-order valence-corrected chi connectivity index (χ3v) is 4.37. The highest BCUT2D eigenvalue weighted by Gasteiger charge is 2.48. The molecule has 0 bridgehead atoms. The molecule has 1 N–H and O–H groups in total. The molecule has 106 valence electrons. The summed E-state index contributed by atoms with van der Waals surface area (Å²) in [5, 5.41) is 9.07. The quantitative estimate of drug-likeness (QED) is 0.839. The Bertz CT molecular complexity index is 570. The molecule has 0 radical (unpaired) electrons. The maximum atomic E-state index is 12.0. The minimum Gasteiger partial charge on any atom is -0.497 e. The molecule has 1 aromatic rings. The maximum absolute atomic E-state index is 12.0. The van der Waals surface area contributed by atoms with Gasteiger partial charge in [-0.1, -0.05) is 0 Å². The third kappa shape index (κ3) is 1.85. The number of hydrogen-bond acceptors (Lipinski definition) is 4. The smallest absolute Gasteiger partial charge is 0.339 e. The number of carbonyl (C=O) groups is 2. The summed E-state index contributed by atoms with van der Waals surface area (Å²) < 4.78 is 10.8. The first-order valence-corrected chi connectivity index (χ1v) is 6.70. The first kappa shape index (κ1) is 13.0. The summed E-state index contributed by atoms with van der Waals surface area (Å²) in [5.74, 6) is -0.748. The van der Waals surface area contributed by atoms with Crippen molar-refractivity contribution in [1.82, 2.24) is 0 Å². The molecule has 0 aromatic heterocycles. The molecule has 5 heteroatoms. The third-order valence-electron chi connectivity index (χ3n) is 4.37. The van der Waals surface area contributed by atoms with Gasteiger partial charge in [0, 0.05) is 5.56 Å². The molecule has 1 aliphatic heterocycles. The topological polar surface area (TPSA) is 72.8 Å². The van der Waals surface area contributed by atoms with Crippen molar-refractivity contribution < 1.29 is 24.2 Å². The van der Waals surface area contributed by atoms with Crippen LogP contribution in [0.4, 0.5) is 0 Å². The normalized spacial score (nSPS) is 28.1. The number of carboxylic acid groups (broad SMARTS) is 1. The average molecular weight is 276 g/mol. The second kappa shape index (κ2) is 4.51. The number of methoxy groups -OCH3 is 1. The Kier molecular flexibility index (Phi) is 2.92. The first-order valence-electron chi connectivity index (χ1n) is 6.70. The number of carbonyl (C=O) groups excluding carboxylic acids is 1. The van der Waals surface area contributed by atoms with Crippen LogP contribution in [-0.2, 0) is 15.1 Å². The van der Waals surface area contributed by atoms with Crippen LogP contribution in [0.5, 0.6) is 5.75 Å². The van der Waals surface area contributed by atoms with Crippen molar-refractivity contribution in [3.05, 3.63) is 29.3 Å². The fraction of sp³-hybridized carbons (Fsp3) is 0.467.